The first kappa shape index (κ1) is 17.2. The van der Waals surface area contributed by atoms with Crippen LogP contribution in [0.25, 0.3) is 6.08 Å². The molecule has 0 saturated heterocycles. The summed E-state index contributed by atoms with van der Waals surface area (Å²) >= 11 is 12.1. The monoisotopic (exact) mass is 374 g/mol. The summed E-state index contributed by atoms with van der Waals surface area (Å²) in [5.74, 6) is 0.389. The average Bonchev–Trinajstić information content (AvgIpc) is 3.05. The highest BCUT2D eigenvalue weighted by molar-refractivity contribution is 6.32. The molecule has 1 heterocycles. The molecule has 1 amide bonds. The van der Waals surface area contributed by atoms with Crippen molar-refractivity contribution in [2.45, 2.75) is 6.92 Å². The van der Waals surface area contributed by atoms with Crippen molar-refractivity contribution in [2.75, 3.05) is 12.1 Å². The van der Waals surface area contributed by atoms with E-state index in [1.54, 1.807) is 30.3 Å². The standard InChI is InChI=1S/C18H12Cl2N2O3/c1-10-2-3-13(19)7-15(10)22-18(23)12(8-21)4-11-5-14(20)17-16(6-11)24-9-25-17/h2-7H,9H2,1H3,(H,22,23)/b12-4+. The SMILES string of the molecule is Cc1ccc(Cl)cc1NC(=O)/C(C#N)=C/c1cc(Cl)c2c(c1)OCO2. The molecule has 7 heteroatoms. The van der Waals surface area contributed by atoms with Gasteiger partial charge in [0.2, 0.25) is 6.79 Å². The molecule has 0 saturated carbocycles. The van der Waals surface area contributed by atoms with E-state index in [0.717, 1.165) is 5.56 Å². The molecule has 0 bridgehead atoms. The summed E-state index contributed by atoms with van der Waals surface area (Å²) in [7, 11) is 0. The van der Waals surface area contributed by atoms with Crippen molar-refractivity contribution >= 4 is 40.9 Å². The molecule has 0 radical (unpaired) electrons. The van der Waals surface area contributed by atoms with E-state index in [9.17, 15) is 10.1 Å². The Kier molecular flexibility index (Phi) is 4.84. The van der Waals surface area contributed by atoms with Crippen molar-refractivity contribution in [3.8, 4) is 17.6 Å². The molecule has 1 aliphatic rings. The van der Waals surface area contributed by atoms with E-state index in [1.807, 2.05) is 13.0 Å². The van der Waals surface area contributed by atoms with Crippen molar-refractivity contribution in [3.05, 3.63) is 57.1 Å². The molecule has 2 aromatic rings. The Hall–Kier alpha value is -2.68. The zero-order valence-electron chi connectivity index (χ0n) is 13.1. The Labute approximate surface area is 154 Å². The lowest BCUT2D eigenvalue weighted by Gasteiger charge is -2.08. The fraction of sp³-hybridized carbons (Fsp3) is 0.111. The molecule has 0 fully saturated rings. The first-order valence-corrected chi connectivity index (χ1v) is 8.02. The largest absolute Gasteiger partial charge is 0.454 e. The quantitative estimate of drug-likeness (QED) is 0.630. The van der Waals surface area contributed by atoms with E-state index in [-0.39, 0.29) is 12.4 Å². The van der Waals surface area contributed by atoms with Crippen LogP contribution >= 0.6 is 23.2 Å². The average molecular weight is 375 g/mol. The second kappa shape index (κ2) is 7.06. The van der Waals surface area contributed by atoms with E-state index < -0.39 is 5.91 Å². The van der Waals surface area contributed by atoms with Crippen LogP contribution in [0.4, 0.5) is 5.69 Å². The van der Waals surface area contributed by atoms with Gasteiger partial charge in [-0.1, -0.05) is 29.3 Å². The minimum absolute atomic E-state index is 0.0747. The number of anilines is 1. The first-order chi connectivity index (χ1) is 12.0. The number of halogens is 2. The number of nitrogens with one attached hydrogen (secondary N) is 1. The number of ether oxygens (including phenoxy) is 2. The first-order valence-electron chi connectivity index (χ1n) is 7.26. The number of amides is 1. The Balaban J connectivity index is 1.88. The molecule has 0 aromatic heterocycles. The third-order valence-electron chi connectivity index (χ3n) is 3.57. The fourth-order valence-corrected chi connectivity index (χ4v) is 2.75. The normalized spacial score (nSPS) is 12.6. The number of hydrogen-bond donors (Lipinski definition) is 1. The van der Waals surface area contributed by atoms with E-state index in [0.29, 0.717) is 32.8 Å². The summed E-state index contributed by atoms with van der Waals surface area (Å²) in [6, 6.07) is 10.3. The van der Waals surface area contributed by atoms with Crippen molar-refractivity contribution in [1.82, 2.24) is 0 Å². The van der Waals surface area contributed by atoms with Gasteiger partial charge in [0.15, 0.2) is 11.5 Å². The minimum atomic E-state index is -0.540. The predicted molar refractivity (Wildman–Crippen MR) is 96.0 cm³/mol. The van der Waals surface area contributed by atoms with E-state index in [1.165, 1.54) is 6.08 Å². The summed E-state index contributed by atoms with van der Waals surface area (Å²) in [6.45, 7) is 1.92. The number of carbonyl (C=O) groups excluding carboxylic acids is 1. The summed E-state index contributed by atoms with van der Waals surface area (Å²) < 4.78 is 10.5. The summed E-state index contributed by atoms with van der Waals surface area (Å²) in [5.41, 5.74) is 1.86. The maximum atomic E-state index is 12.4. The van der Waals surface area contributed by atoms with Crippen LogP contribution in [0.2, 0.25) is 10.0 Å². The summed E-state index contributed by atoms with van der Waals surface area (Å²) in [5, 5.41) is 12.9. The van der Waals surface area contributed by atoms with Gasteiger partial charge in [-0.25, -0.2) is 0 Å². The van der Waals surface area contributed by atoms with Gasteiger partial charge in [-0.2, -0.15) is 5.26 Å². The molecule has 5 nitrogen and oxygen atoms in total. The zero-order valence-corrected chi connectivity index (χ0v) is 14.6. The van der Waals surface area contributed by atoms with Crippen LogP contribution in [0.15, 0.2) is 35.9 Å². The maximum Gasteiger partial charge on any atom is 0.266 e. The van der Waals surface area contributed by atoms with Crippen molar-refractivity contribution in [1.29, 1.82) is 5.26 Å². The predicted octanol–water partition coefficient (Wildman–Crippen LogP) is 4.58. The third kappa shape index (κ3) is 3.71. The van der Waals surface area contributed by atoms with Gasteiger partial charge in [-0.15, -0.1) is 0 Å². The van der Waals surface area contributed by atoms with Crippen LogP contribution in [0.1, 0.15) is 11.1 Å². The molecule has 126 valence electrons. The van der Waals surface area contributed by atoms with Crippen LogP contribution in [0.5, 0.6) is 11.5 Å². The van der Waals surface area contributed by atoms with Gasteiger partial charge < -0.3 is 14.8 Å². The van der Waals surface area contributed by atoms with Gasteiger partial charge in [0.05, 0.1) is 5.02 Å². The molecule has 1 aliphatic heterocycles. The van der Waals surface area contributed by atoms with Gasteiger partial charge in [-0.05, 0) is 48.4 Å². The Morgan fingerprint density at radius 2 is 2.08 bits per heavy atom. The van der Waals surface area contributed by atoms with Crippen LogP contribution in [-0.2, 0) is 4.79 Å². The lowest BCUT2D eigenvalue weighted by molar-refractivity contribution is -0.112. The van der Waals surface area contributed by atoms with Gasteiger partial charge in [0, 0.05) is 10.7 Å². The molecular formula is C18H12Cl2N2O3. The molecule has 0 atom stereocenters. The summed E-state index contributed by atoms with van der Waals surface area (Å²) in [4.78, 5) is 12.4. The number of aryl methyl sites for hydroxylation is 1. The van der Waals surface area contributed by atoms with Crippen molar-refractivity contribution < 1.29 is 14.3 Å². The summed E-state index contributed by atoms with van der Waals surface area (Å²) in [6.07, 6.45) is 1.43. The zero-order chi connectivity index (χ0) is 18.0. The highest BCUT2D eigenvalue weighted by Crippen LogP contribution is 2.40. The molecular weight excluding hydrogens is 363 g/mol. The van der Waals surface area contributed by atoms with E-state index in [2.05, 4.69) is 5.32 Å². The van der Waals surface area contributed by atoms with Crippen LogP contribution in [0, 0.1) is 18.3 Å². The third-order valence-corrected chi connectivity index (χ3v) is 4.09. The molecule has 25 heavy (non-hydrogen) atoms. The van der Waals surface area contributed by atoms with Gasteiger partial charge in [0.1, 0.15) is 11.6 Å². The molecule has 0 unspecified atom stereocenters. The number of hydrogen-bond acceptors (Lipinski definition) is 4. The fourth-order valence-electron chi connectivity index (χ4n) is 2.30. The number of rotatable bonds is 3. The molecule has 0 aliphatic carbocycles. The van der Waals surface area contributed by atoms with Crippen LogP contribution < -0.4 is 14.8 Å². The lowest BCUT2D eigenvalue weighted by atomic mass is 10.1. The Bertz CT molecular complexity index is 933. The number of carbonyl (C=O) groups is 1. The second-order valence-electron chi connectivity index (χ2n) is 5.32. The Morgan fingerprint density at radius 3 is 2.84 bits per heavy atom. The molecule has 2 aromatic carbocycles. The second-order valence-corrected chi connectivity index (χ2v) is 6.16. The number of benzene rings is 2. The van der Waals surface area contributed by atoms with E-state index >= 15 is 0 Å². The topological polar surface area (TPSA) is 71.4 Å². The smallest absolute Gasteiger partial charge is 0.266 e. The van der Waals surface area contributed by atoms with Gasteiger partial charge in [0.25, 0.3) is 5.91 Å². The van der Waals surface area contributed by atoms with Gasteiger partial charge in [-0.3, -0.25) is 4.79 Å². The van der Waals surface area contributed by atoms with Crippen molar-refractivity contribution in [3.63, 3.8) is 0 Å². The molecule has 3 rings (SSSR count). The van der Waals surface area contributed by atoms with E-state index in [4.69, 9.17) is 32.7 Å². The number of fused-ring (bicyclic) bond motifs is 1. The van der Waals surface area contributed by atoms with Gasteiger partial charge >= 0.3 is 0 Å². The molecule has 0 spiro atoms. The maximum absolute atomic E-state index is 12.4. The highest BCUT2D eigenvalue weighted by Gasteiger charge is 2.19. The highest BCUT2D eigenvalue weighted by atomic mass is 35.5. The Morgan fingerprint density at radius 1 is 1.28 bits per heavy atom. The lowest BCUT2D eigenvalue weighted by Crippen LogP contribution is -2.14. The minimum Gasteiger partial charge on any atom is -0.454 e. The number of nitriles is 1. The van der Waals surface area contributed by atoms with Crippen LogP contribution in [0.3, 0.4) is 0 Å². The number of nitrogens with zero attached hydrogens (tertiary/aromatic N) is 1. The van der Waals surface area contributed by atoms with Crippen LogP contribution in [-0.4, -0.2) is 12.7 Å². The van der Waals surface area contributed by atoms with Crippen molar-refractivity contribution in [2.24, 2.45) is 0 Å². The molecule has 1 N–H and O–H groups in total.